The first-order valence-electron chi connectivity index (χ1n) is 15.2. The van der Waals surface area contributed by atoms with E-state index >= 15 is 0 Å². The molecule has 1 aliphatic rings. The molecule has 0 radical (unpaired) electrons. The van der Waals surface area contributed by atoms with Gasteiger partial charge in [0.2, 0.25) is 0 Å². The Morgan fingerprint density at radius 1 is 0.727 bits per heavy atom. The van der Waals surface area contributed by atoms with Gasteiger partial charge in [0, 0.05) is 25.7 Å². The molecule has 0 aliphatic heterocycles. The molecule has 1 fully saturated rings. The van der Waals surface area contributed by atoms with Gasteiger partial charge < -0.3 is 15.0 Å². The summed E-state index contributed by atoms with van der Waals surface area (Å²) in [5.74, 6) is 0.898. The van der Waals surface area contributed by atoms with Crippen LogP contribution in [-0.4, -0.2) is 50.3 Å². The molecule has 0 unspecified atom stereocenters. The molecule has 1 aliphatic carbocycles. The van der Waals surface area contributed by atoms with E-state index in [4.69, 9.17) is 4.74 Å². The van der Waals surface area contributed by atoms with Gasteiger partial charge in [-0.3, -0.25) is 0 Å². The third kappa shape index (κ3) is 17.9. The van der Waals surface area contributed by atoms with Crippen molar-refractivity contribution in [2.45, 2.75) is 155 Å². The highest BCUT2D eigenvalue weighted by molar-refractivity contribution is 4.85. The number of hydrogen-bond acceptors (Lipinski definition) is 3. The molecule has 0 aromatic rings. The molecule has 0 amide bonds. The van der Waals surface area contributed by atoms with Gasteiger partial charge in [-0.2, -0.15) is 0 Å². The molecule has 0 aromatic heterocycles. The number of ether oxygens (including phenoxy) is 1. The Kier molecular flexibility index (Phi) is 20.9. The number of unbranched alkanes of at least 4 members (excludes halogenated alkanes) is 11. The standard InChI is InChI=1S/C30H62N2O/c1-5-8-11-14-15-18-22-31-29-25-30(26-29)33-24-19-23-32(4)27-28(20-16-12-9-6-2)21-17-13-10-7-3/h28-31H,5-27H2,1-4H3/t29-,30-. The summed E-state index contributed by atoms with van der Waals surface area (Å²) in [6, 6.07) is 0.717. The van der Waals surface area contributed by atoms with Crippen molar-refractivity contribution >= 4 is 0 Å². The van der Waals surface area contributed by atoms with Crippen LogP contribution in [0.15, 0.2) is 0 Å². The zero-order valence-corrected chi connectivity index (χ0v) is 23.4. The van der Waals surface area contributed by atoms with Gasteiger partial charge in [0.1, 0.15) is 0 Å². The van der Waals surface area contributed by atoms with Crippen LogP contribution in [0.2, 0.25) is 0 Å². The van der Waals surface area contributed by atoms with Crippen molar-refractivity contribution in [3.05, 3.63) is 0 Å². The summed E-state index contributed by atoms with van der Waals surface area (Å²) in [5, 5.41) is 3.73. The van der Waals surface area contributed by atoms with E-state index in [1.807, 2.05) is 0 Å². The van der Waals surface area contributed by atoms with Crippen LogP contribution in [0.4, 0.5) is 0 Å². The summed E-state index contributed by atoms with van der Waals surface area (Å²) in [6.07, 6.45) is 26.6. The molecule has 0 heterocycles. The van der Waals surface area contributed by atoms with Crippen LogP contribution in [0.1, 0.15) is 143 Å². The predicted molar refractivity (Wildman–Crippen MR) is 147 cm³/mol. The van der Waals surface area contributed by atoms with Crippen molar-refractivity contribution in [1.29, 1.82) is 0 Å². The Morgan fingerprint density at radius 3 is 1.88 bits per heavy atom. The van der Waals surface area contributed by atoms with E-state index in [-0.39, 0.29) is 0 Å². The molecule has 1 saturated carbocycles. The lowest BCUT2D eigenvalue weighted by Gasteiger charge is -2.36. The van der Waals surface area contributed by atoms with Crippen molar-refractivity contribution in [2.24, 2.45) is 5.92 Å². The van der Waals surface area contributed by atoms with Crippen LogP contribution in [0.5, 0.6) is 0 Å². The zero-order valence-electron chi connectivity index (χ0n) is 23.4. The lowest BCUT2D eigenvalue weighted by atomic mass is 9.89. The van der Waals surface area contributed by atoms with E-state index < -0.39 is 0 Å². The minimum absolute atomic E-state index is 0.516. The van der Waals surface area contributed by atoms with Gasteiger partial charge in [0.05, 0.1) is 6.10 Å². The van der Waals surface area contributed by atoms with E-state index in [2.05, 4.69) is 38.0 Å². The molecular formula is C30H62N2O. The van der Waals surface area contributed by atoms with Gasteiger partial charge in [-0.25, -0.2) is 0 Å². The number of rotatable bonds is 25. The first kappa shape index (κ1) is 30.9. The van der Waals surface area contributed by atoms with Gasteiger partial charge in [0.25, 0.3) is 0 Å². The second kappa shape index (κ2) is 22.4. The van der Waals surface area contributed by atoms with Crippen LogP contribution in [-0.2, 0) is 4.74 Å². The van der Waals surface area contributed by atoms with Crippen molar-refractivity contribution in [2.75, 3.05) is 33.3 Å². The lowest BCUT2D eigenvalue weighted by molar-refractivity contribution is -0.0192. The highest BCUT2D eigenvalue weighted by atomic mass is 16.5. The van der Waals surface area contributed by atoms with Gasteiger partial charge in [-0.05, 0) is 58.0 Å². The summed E-state index contributed by atoms with van der Waals surface area (Å²) in [6.45, 7) is 11.5. The van der Waals surface area contributed by atoms with Gasteiger partial charge in [-0.1, -0.05) is 104 Å². The van der Waals surface area contributed by atoms with Crippen LogP contribution in [0, 0.1) is 5.92 Å². The average Bonchev–Trinajstić information content (AvgIpc) is 2.78. The molecule has 3 heteroatoms. The minimum Gasteiger partial charge on any atom is -0.378 e. The van der Waals surface area contributed by atoms with Gasteiger partial charge >= 0.3 is 0 Å². The summed E-state index contributed by atoms with van der Waals surface area (Å²) < 4.78 is 6.15. The molecule has 0 aromatic carbocycles. The quantitative estimate of drug-likeness (QED) is 0.137. The van der Waals surface area contributed by atoms with E-state index in [1.54, 1.807) is 0 Å². The Morgan fingerprint density at radius 2 is 1.27 bits per heavy atom. The van der Waals surface area contributed by atoms with Gasteiger partial charge in [0.15, 0.2) is 0 Å². The Hall–Kier alpha value is -0.120. The smallest absolute Gasteiger partial charge is 0.0604 e. The first-order chi connectivity index (χ1) is 16.2. The van der Waals surface area contributed by atoms with Crippen LogP contribution in [0.25, 0.3) is 0 Å². The van der Waals surface area contributed by atoms with E-state index in [0.29, 0.717) is 6.10 Å². The van der Waals surface area contributed by atoms with Crippen molar-refractivity contribution < 1.29 is 4.74 Å². The third-order valence-corrected chi connectivity index (χ3v) is 7.60. The molecule has 0 atom stereocenters. The van der Waals surface area contributed by atoms with E-state index in [9.17, 15) is 0 Å². The lowest BCUT2D eigenvalue weighted by Crippen LogP contribution is -2.45. The van der Waals surface area contributed by atoms with Gasteiger partial charge in [-0.15, -0.1) is 0 Å². The SMILES string of the molecule is CCCCCCCCN[C@H]1C[C@H](OCCCN(C)CC(CCCCCC)CCCCCC)C1. The predicted octanol–water partition coefficient (Wildman–Crippen LogP) is 8.36. The van der Waals surface area contributed by atoms with Crippen molar-refractivity contribution in [3.8, 4) is 0 Å². The van der Waals surface area contributed by atoms with E-state index in [0.717, 1.165) is 18.6 Å². The summed E-state index contributed by atoms with van der Waals surface area (Å²) in [4.78, 5) is 2.58. The number of nitrogens with one attached hydrogen (secondary N) is 1. The summed E-state index contributed by atoms with van der Waals surface area (Å²) in [5.41, 5.74) is 0. The molecule has 198 valence electrons. The Balaban J connectivity index is 2.02. The molecular weight excluding hydrogens is 404 g/mol. The zero-order chi connectivity index (χ0) is 24.0. The first-order valence-corrected chi connectivity index (χ1v) is 15.2. The minimum atomic E-state index is 0.516. The Bertz CT molecular complexity index is 385. The fourth-order valence-corrected chi connectivity index (χ4v) is 5.24. The average molecular weight is 467 g/mol. The third-order valence-electron chi connectivity index (χ3n) is 7.60. The summed E-state index contributed by atoms with van der Waals surface area (Å²) >= 11 is 0. The maximum atomic E-state index is 6.15. The normalized spacial score (nSPS) is 18.4. The maximum absolute atomic E-state index is 6.15. The van der Waals surface area contributed by atoms with Crippen LogP contribution in [0.3, 0.4) is 0 Å². The fourth-order valence-electron chi connectivity index (χ4n) is 5.24. The second-order valence-electron chi connectivity index (χ2n) is 11.1. The molecule has 0 bridgehead atoms. The Labute approximate surface area is 209 Å². The molecule has 1 rings (SSSR count). The van der Waals surface area contributed by atoms with Crippen molar-refractivity contribution in [1.82, 2.24) is 10.2 Å². The maximum Gasteiger partial charge on any atom is 0.0604 e. The van der Waals surface area contributed by atoms with Crippen LogP contribution >= 0.6 is 0 Å². The monoisotopic (exact) mass is 466 g/mol. The molecule has 3 nitrogen and oxygen atoms in total. The fraction of sp³-hybridized carbons (Fsp3) is 1.00. The molecule has 33 heavy (non-hydrogen) atoms. The van der Waals surface area contributed by atoms with Crippen LogP contribution < -0.4 is 5.32 Å². The topological polar surface area (TPSA) is 24.5 Å². The summed E-state index contributed by atoms with van der Waals surface area (Å²) in [7, 11) is 2.33. The highest BCUT2D eigenvalue weighted by Gasteiger charge is 2.28. The molecule has 1 N–H and O–H groups in total. The highest BCUT2D eigenvalue weighted by Crippen LogP contribution is 2.24. The second-order valence-corrected chi connectivity index (χ2v) is 11.1. The number of hydrogen-bond donors (Lipinski definition) is 1. The van der Waals surface area contributed by atoms with E-state index in [1.165, 1.54) is 142 Å². The molecule has 0 saturated heterocycles. The van der Waals surface area contributed by atoms with Crippen molar-refractivity contribution in [3.63, 3.8) is 0 Å². The largest absolute Gasteiger partial charge is 0.378 e. The number of nitrogens with zero attached hydrogens (tertiary/aromatic N) is 1. The molecule has 0 spiro atoms.